The summed E-state index contributed by atoms with van der Waals surface area (Å²) in [5, 5.41) is 0. The molecular weight excluding hydrogens is 380 g/mol. The predicted octanol–water partition coefficient (Wildman–Crippen LogP) is 9.17. The molecule has 0 radical (unpaired) electrons. The second-order valence-corrected chi connectivity index (χ2v) is 9.86. The van der Waals surface area contributed by atoms with E-state index >= 15 is 0 Å². The largest absolute Gasteiger partial charge is 0.494 e. The van der Waals surface area contributed by atoms with Crippen molar-refractivity contribution in [2.45, 2.75) is 123 Å². The molecule has 0 unspecified atom stereocenters. The fourth-order valence-electron chi connectivity index (χ4n) is 4.95. The van der Waals surface area contributed by atoms with Gasteiger partial charge in [-0.2, -0.15) is 0 Å². The van der Waals surface area contributed by atoms with Crippen molar-refractivity contribution in [1.29, 1.82) is 0 Å². The van der Waals surface area contributed by atoms with Crippen LogP contribution in [0, 0.1) is 11.8 Å². The molecule has 0 N–H and O–H groups in total. The molecular formula is C29H48O2. The number of Topliss-reactive ketones (excluding diaryl/α,β-unsaturated/α-hetero) is 1. The van der Waals surface area contributed by atoms with Gasteiger partial charge in [-0.1, -0.05) is 97.3 Å². The van der Waals surface area contributed by atoms with Crippen LogP contribution in [0.1, 0.15) is 133 Å². The maximum absolute atomic E-state index is 12.7. The summed E-state index contributed by atoms with van der Waals surface area (Å²) in [5.41, 5.74) is 0.852. The van der Waals surface area contributed by atoms with Gasteiger partial charge in [0, 0.05) is 12.0 Å². The van der Waals surface area contributed by atoms with E-state index in [2.05, 4.69) is 13.8 Å². The lowest BCUT2D eigenvalue weighted by Crippen LogP contribution is -2.17. The lowest BCUT2D eigenvalue weighted by molar-refractivity contribution is 0.0941. The summed E-state index contributed by atoms with van der Waals surface area (Å²) in [6, 6.07) is 7.86. The van der Waals surface area contributed by atoms with Crippen LogP contribution >= 0.6 is 0 Å². The van der Waals surface area contributed by atoms with Crippen molar-refractivity contribution in [3.8, 4) is 5.75 Å². The predicted molar refractivity (Wildman–Crippen MR) is 133 cm³/mol. The molecule has 2 nitrogen and oxygen atoms in total. The summed E-state index contributed by atoms with van der Waals surface area (Å²) in [7, 11) is 0. The molecule has 0 saturated heterocycles. The average molecular weight is 429 g/mol. The fraction of sp³-hybridized carbons (Fsp3) is 0.759. The lowest BCUT2D eigenvalue weighted by Gasteiger charge is -2.28. The highest BCUT2D eigenvalue weighted by atomic mass is 16.5. The van der Waals surface area contributed by atoms with Crippen LogP contribution in [-0.4, -0.2) is 12.4 Å². The van der Waals surface area contributed by atoms with E-state index in [0.717, 1.165) is 36.7 Å². The van der Waals surface area contributed by atoms with Crippen LogP contribution in [0.2, 0.25) is 0 Å². The molecule has 1 aliphatic carbocycles. The summed E-state index contributed by atoms with van der Waals surface area (Å²) < 4.78 is 5.85. The van der Waals surface area contributed by atoms with E-state index in [4.69, 9.17) is 4.74 Å². The van der Waals surface area contributed by atoms with E-state index in [1.165, 1.54) is 96.3 Å². The summed E-state index contributed by atoms with van der Waals surface area (Å²) in [5.74, 6) is 2.71. The molecule has 0 aromatic heterocycles. The molecule has 0 heterocycles. The number of hydrogen-bond acceptors (Lipinski definition) is 2. The number of hydrogen-bond donors (Lipinski definition) is 0. The highest BCUT2D eigenvalue weighted by molar-refractivity contribution is 5.96. The second kappa shape index (κ2) is 16.3. The minimum atomic E-state index is 0.311. The summed E-state index contributed by atoms with van der Waals surface area (Å²) >= 11 is 0. The highest BCUT2D eigenvalue weighted by Crippen LogP contribution is 2.34. The van der Waals surface area contributed by atoms with Crippen molar-refractivity contribution in [3.63, 3.8) is 0 Å². The number of carbonyl (C=O) groups excluding carboxylic acids is 1. The van der Waals surface area contributed by atoms with E-state index in [9.17, 15) is 4.79 Å². The minimum Gasteiger partial charge on any atom is -0.494 e. The van der Waals surface area contributed by atoms with Gasteiger partial charge < -0.3 is 4.74 Å². The van der Waals surface area contributed by atoms with Crippen LogP contribution < -0.4 is 4.74 Å². The van der Waals surface area contributed by atoms with Crippen LogP contribution in [0.5, 0.6) is 5.75 Å². The molecule has 1 aliphatic rings. The molecule has 1 saturated carbocycles. The molecule has 0 spiro atoms. The van der Waals surface area contributed by atoms with Gasteiger partial charge in [-0.05, 0) is 55.4 Å². The van der Waals surface area contributed by atoms with Gasteiger partial charge in [-0.25, -0.2) is 0 Å². The van der Waals surface area contributed by atoms with E-state index in [-0.39, 0.29) is 0 Å². The molecule has 2 heteroatoms. The number of carbonyl (C=O) groups is 1. The van der Waals surface area contributed by atoms with E-state index < -0.39 is 0 Å². The standard InChI is InChI=1S/C29H48O2/c1-3-5-7-9-11-13-23-31-28-21-19-27(20-22-28)29(30)24-26-17-15-25(16-18-26)14-12-10-8-6-4-2/h19-22,25-26H,3-18,23-24H2,1-2H3. The first-order valence-electron chi connectivity index (χ1n) is 13.5. The molecule has 0 bridgehead atoms. The van der Waals surface area contributed by atoms with Crippen molar-refractivity contribution >= 4 is 5.78 Å². The Morgan fingerprint density at radius 3 is 1.94 bits per heavy atom. The van der Waals surface area contributed by atoms with Crippen molar-refractivity contribution in [2.24, 2.45) is 11.8 Å². The number of rotatable bonds is 17. The van der Waals surface area contributed by atoms with Gasteiger partial charge in [0.15, 0.2) is 5.78 Å². The SMILES string of the molecule is CCCCCCCCOc1ccc(C(=O)CC2CCC(CCCCCCC)CC2)cc1. The zero-order valence-electron chi connectivity index (χ0n) is 20.5. The Hall–Kier alpha value is -1.31. The topological polar surface area (TPSA) is 26.3 Å². The van der Waals surface area contributed by atoms with Gasteiger partial charge >= 0.3 is 0 Å². The third kappa shape index (κ3) is 11.2. The summed E-state index contributed by atoms with van der Waals surface area (Å²) in [6.45, 7) is 5.31. The van der Waals surface area contributed by atoms with Crippen LogP contribution in [0.4, 0.5) is 0 Å². The molecule has 0 amide bonds. The van der Waals surface area contributed by atoms with Crippen LogP contribution in [0.3, 0.4) is 0 Å². The van der Waals surface area contributed by atoms with Gasteiger partial charge in [0.05, 0.1) is 6.61 Å². The molecule has 1 aromatic carbocycles. The molecule has 0 aliphatic heterocycles. The Kier molecular flexibility index (Phi) is 13.7. The van der Waals surface area contributed by atoms with Gasteiger partial charge in [0.25, 0.3) is 0 Å². The maximum Gasteiger partial charge on any atom is 0.163 e. The molecule has 176 valence electrons. The quantitative estimate of drug-likeness (QED) is 0.182. The zero-order chi connectivity index (χ0) is 22.2. The Morgan fingerprint density at radius 2 is 1.29 bits per heavy atom. The van der Waals surface area contributed by atoms with Crippen molar-refractivity contribution < 1.29 is 9.53 Å². The van der Waals surface area contributed by atoms with Gasteiger partial charge in [0.2, 0.25) is 0 Å². The first-order chi connectivity index (χ1) is 15.2. The minimum absolute atomic E-state index is 0.311. The van der Waals surface area contributed by atoms with Crippen molar-refractivity contribution in [1.82, 2.24) is 0 Å². The Morgan fingerprint density at radius 1 is 0.742 bits per heavy atom. The molecule has 1 fully saturated rings. The maximum atomic E-state index is 12.7. The Labute approximate surface area is 192 Å². The van der Waals surface area contributed by atoms with Gasteiger partial charge in [-0.3, -0.25) is 4.79 Å². The van der Waals surface area contributed by atoms with E-state index in [1.807, 2.05) is 24.3 Å². The third-order valence-corrected chi connectivity index (χ3v) is 7.10. The van der Waals surface area contributed by atoms with Crippen LogP contribution in [0.25, 0.3) is 0 Å². The highest BCUT2D eigenvalue weighted by Gasteiger charge is 2.23. The third-order valence-electron chi connectivity index (χ3n) is 7.10. The fourth-order valence-corrected chi connectivity index (χ4v) is 4.95. The zero-order valence-corrected chi connectivity index (χ0v) is 20.5. The summed E-state index contributed by atoms with van der Waals surface area (Å²) in [4.78, 5) is 12.7. The number of unbranched alkanes of at least 4 members (excludes halogenated alkanes) is 9. The van der Waals surface area contributed by atoms with E-state index in [0.29, 0.717) is 11.7 Å². The molecule has 2 rings (SSSR count). The normalized spacial score (nSPS) is 18.8. The Balaban J connectivity index is 1.59. The van der Waals surface area contributed by atoms with Crippen molar-refractivity contribution in [2.75, 3.05) is 6.61 Å². The van der Waals surface area contributed by atoms with Crippen LogP contribution in [-0.2, 0) is 0 Å². The molecule has 0 atom stereocenters. The van der Waals surface area contributed by atoms with Crippen LogP contribution in [0.15, 0.2) is 24.3 Å². The average Bonchev–Trinajstić information content (AvgIpc) is 2.80. The lowest BCUT2D eigenvalue weighted by atomic mass is 9.77. The monoisotopic (exact) mass is 428 g/mol. The van der Waals surface area contributed by atoms with Crippen molar-refractivity contribution in [3.05, 3.63) is 29.8 Å². The number of ether oxygens (including phenoxy) is 1. The Bertz CT molecular complexity index is 569. The molecule has 1 aromatic rings. The number of benzene rings is 1. The van der Waals surface area contributed by atoms with Gasteiger partial charge in [-0.15, -0.1) is 0 Å². The summed E-state index contributed by atoms with van der Waals surface area (Å²) in [6.07, 6.45) is 21.9. The smallest absolute Gasteiger partial charge is 0.163 e. The first-order valence-corrected chi connectivity index (χ1v) is 13.5. The second-order valence-electron chi connectivity index (χ2n) is 9.86. The molecule has 31 heavy (non-hydrogen) atoms. The van der Waals surface area contributed by atoms with Gasteiger partial charge in [0.1, 0.15) is 5.75 Å². The number of ketones is 1. The first kappa shape index (κ1) is 25.9. The van der Waals surface area contributed by atoms with E-state index in [1.54, 1.807) is 0 Å².